The molecule has 15 heavy (non-hydrogen) atoms. The fourth-order valence-electron chi connectivity index (χ4n) is 1.02. The van der Waals surface area contributed by atoms with Crippen molar-refractivity contribution in [2.45, 2.75) is 0 Å². The van der Waals surface area contributed by atoms with Crippen LogP contribution in [0.4, 0.5) is 11.6 Å². The van der Waals surface area contributed by atoms with Gasteiger partial charge in [0.2, 0.25) is 0 Å². The summed E-state index contributed by atoms with van der Waals surface area (Å²) in [5.74, 6) is 1.45. The first kappa shape index (κ1) is 11.0. The van der Waals surface area contributed by atoms with Gasteiger partial charge in [-0.1, -0.05) is 6.08 Å². The molecule has 78 valence electrons. The molecule has 0 bridgehead atoms. The predicted molar refractivity (Wildman–Crippen MR) is 59.6 cm³/mol. The largest absolute Gasteiger partial charge is 0.366 e. The third kappa shape index (κ3) is 3.27. The van der Waals surface area contributed by atoms with Gasteiger partial charge in [-0.3, -0.25) is 0 Å². The molecule has 1 aromatic rings. The smallest absolute Gasteiger partial charge is 0.134 e. The van der Waals surface area contributed by atoms with E-state index in [1.54, 1.807) is 17.0 Å². The van der Waals surface area contributed by atoms with Crippen LogP contribution in [0.25, 0.3) is 0 Å². The number of hydrogen-bond acceptors (Lipinski definition) is 5. The maximum Gasteiger partial charge on any atom is 0.134 e. The number of nitrogens with zero attached hydrogens (tertiary/aromatic N) is 4. The average molecular weight is 203 g/mol. The second-order valence-corrected chi connectivity index (χ2v) is 2.95. The van der Waals surface area contributed by atoms with Gasteiger partial charge in [0.25, 0.3) is 0 Å². The Morgan fingerprint density at radius 3 is 3.13 bits per heavy atom. The maximum absolute atomic E-state index is 8.54. The molecule has 5 heteroatoms. The first-order valence-corrected chi connectivity index (χ1v) is 4.53. The summed E-state index contributed by atoms with van der Waals surface area (Å²) < 4.78 is 0. The molecule has 1 rings (SSSR count). The van der Waals surface area contributed by atoms with Crippen LogP contribution in [0.5, 0.6) is 0 Å². The molecule has 0 atom stereocenters. The zero-order valence-corrected chi connectivity index (χ0v) is 8.64. The van der Waals surface area contributed by atoms with E-state index in [0.29, 0.717) is 13.1 Å². The van der Waals surface area contributed by atoms with Crippen LogP contribution in [0.15, 0.2) is 25.0 Å². The fourth-order valence-corrected chi connectivity index (χ4v) is 1.02. The Morgan fingerprint density at radius 2 is 2.47 bits per heavy atom. The Kier molecular flexibility index (Phi) is 4.10. The molecule has 1 heterocycles. The van der Waals surface area contributed by atoms with Gasteiger partial charge in [0, 0.05) is 19.7 Å². The molecule has 0 saturated heterocycles. The zero-order valence-electron chi connectivity index (χ0n) is 8.64. The SMILES string of the molecule is C=CCNc1cc(N(C)CC#N)ncn1. The molecule has 0 radical (unpaired) electrons. The van der Waals surface area contributed by atoms with Crippen molar-refractivity contribution in [1.29, 1.82) is 5.26 Å². The van der Waals surface area contributed by atoms with E-state index in [1.807, 2.05) is 7.05 Å². The van der Waals surface area contributed by atoms with Crippen molar-refractivity contribution in [2.24, 2.45) is 0 Å². The monoisotopic (exact) mass is 203 g/mol. The van der Waals surface area contributed by atoms with Crippen LogP contribution in [0.3, 0.4) is 0 Å². The molecule has 0 aliphatic heterocycles. The maximum atomic E-state index is 8.54. The molecule has 0 unspecified atom stereocenters. The second-order valence-electron chi connectivity index (χ2n) is 2.95. The Balaban J connectivity index is 2.73. The van der Waals surface area contributed by atoms with Gasteiger partial charge in [-0.15, -0.1) is 6.58 Å². The van der Waals surface area contributed by atoms with Crippen LogP contribution in [-0.2, 0) is 0 Å². The van der Waals surface area contributed by atoms with Crippen molar-refractivity contribution in [1.82, 2.24) is 9.97 Å². The average Bonchev–Trinajstić information content (AvgIpc) is 2.27. The Morgan fingerprint density at radius 1 is 1.67 bits per heavy atom. The van der Waals surface area contributed by atoms with Gasteiger partial charge >= 0.3 is 0 Å². The lowest BCUT2D eigenvalue weighted by molar-refractivity contribution is 0.979. The van der Waals surface area contributed by atoms with Crippen molar-refractivity contribution in [3.8, 4) is 6.07 Å². The van der Waals surface area contributed by atoms with E-state index in [2.05, 4.69) is 27.9 Å². The Labute approximate surface area is 89.1 Å². The van der Waals surface area contributed by atoms with Gasteiger partial charge in [-0.2, -0.15) is 5.26 Å². The fraction of sp³-hybridized carbons (Fsp3) is 0.300. The van der Waals surface area contributed by atoms with E-state index >= 15 is 0 Å². The molecule has 0 aliphatic carbocycles. The van der Waals surface area contributed by atoms with Crippen molar-refractivity contribution < 1.29 is 0 Å². The summed E-state index contributed by atoms with van der Waals surface area (Å²) in [6.45, 7) is 4.56. The van der Waals surface area contributed by atoms with E-state index in [9.17, 15) is 0 Å². The van der Waals surface area contributed by atoms with Gasteiger partial charge in [0.15, 0.2) is 0 Å². The van der Waals surface area contributed by atoms with E-state index in [0.717, 1.165) is 11.6 Å². The summed E-state index contributed by atoms with van der Waals surface area (Å²) in [6, 6.07) is 3.85. The van der Waals surface area contributed by atoms with Crippen LogP contribution >= 0.6 is 0 Å². The third-order valence-corrected chi connectivity index (χ3v) is 1.78. The van der Waals surface area contributed by atoms with Crippen molar-refractivity contribution >= 4 is 11.6 Å². The molecule has 0 aliphatic rings. The molecular weight excluding hydrogens is 190 g/mol. The number of rotatable bonds is 5. The normalized spacial score (nSPS) is 9.07. The Bertz CT molecular complexity index is 368. The number of aromatic nitrogens is 2. The summed E-state index contributed by atoms with van der Waals surface area (Å²) in [4.78, 5) is 9.85. The van der Waals surface area contributed by atoms with Crippen molar-refractivity contribution in [3.63, 3.8) is 0 Å². The molecule has 0 spiro atoms. The predicted octanol–water partition coefficient (Wildman–Crippen LogP) is 1.03. The molecule has 0 fully saturated rings. The highest BCUT2D eigenvalue weighted by atomic mass is 15.2. The first-order chi connectivity index (χ1) is 7.27. The molecular formula is C10H13N5. The van der Waals surface area contributed by atoms with E-state index in [4.69, 9.17) is 5.26 Å². The summed E-state index contributed by atoms with van der Waals surface area (Å²) in [5, 5.41) is 11.6. The lowest BCUT2D eigenvalue weighted by atomic mass is 10.4. The van der Waals surface area contributed by atoms with Crippen LogP contribution in [0, 0.1) is 11.3 Å². The summed E-state index contributed by atoms with van der Waals surface area (Å²) in [7, 11) is 1.81. The van der Waals surface area contributed by atoms with Crippen LogP contribution in [-0.4, -0.2) is 30.1 Å². The molecule has 1 aromatic heterocycles. The van der Waals surface area contributed by atoms with Gasteiger partial charge in [0.05, 0.1) is 6.07 Å². The lowest BCUT2D eigenvalue weighted by Crippen LogP contribution is -2.18. The topological polar surface area (TPSA) is 64.8 Å². The van der Waals surface area contributed by atoms with E-state index < -0.39 is 0 Å². The highest BCUT2D eigenvalue weighted by molar-refractivity contribution is 5.48. The van der Waals surface area contributed by atoms with Crippen molar-refractivity contribution in [3.05, 3.63) is 25.0 Å². The van der Waals surface area contributed by atoms with Crippen LogP contribution < -0.4 is 10.2 Å². The zero-order chi connectivity index (χ0) is 11.1. The third-order valence-electron chi connectivity index (χ3n) is 1.78. The first-order valence-electron chi connectivity index (χ1n) is 4.53. The number of anilines is 2. The minimum Gasteiger partial charge on any atom is -0.366 e. The van der Waals surface area contributed by atoms with Gasteiger partial charge in [-0.05, 0) is 0 Å². The molecule has 0 saturated carbocycles. The van der Waals surface area contributed by atoms with E-state index in [1.165, 1.54) is 6.33 Å². The highest BCUT2D eigenvalue weighted by Crippen LogP contribution is 2.11. The van der Waals surface area contributed by atoms with Crippen molar-refractivity contribution in [2.75, 3.05) is 30.4 Å². The summed E-state index contributed by atoms with van der Waals surface area (Å²) >= 11 is 0. The minimum atomic E-state index is 0.303. The van der Waals surface area contributed by atoms with Gasteiger partial charge in [-0.25, -0.2) is 9.97 Å². The van der Waals surface area contributed by atoms with Crippen LogP contribution in [0.2, 0.25) is 0 Å². The summed E-state index contributed by atoms with van der Waals surface area (Å²) in [6.07, 6.45) is 3.22. The quantitative estimate of drug-likeness (QED) is 0.572. The second kappa shape index (κ2) is 5.60. The van der Waals surface area contributed by atoms with Gasteiger partial charge < -0.3 is 10.2 Å². The molecule has 0 aromatic carbocycles. The molecule has 5 nitrogen and oxygen atoms in total. The highest BCUT2D eigenvalue weighted by Gasteiger charge is 2.02. The van der Waals surface area contributed by atoms with E-state index in [-0.39, 0.29) is 0 Å². The minimum absolute atomic E-state index is 0.303. The molecule has 0 amide bonds. The number of hydrogen-bond donors (Lipinski definition) is 1. The lowest BCUT2D eigenvalue weighted by Gasteiger charge is -2.14. The standard InChI is InChI=1S/C10H13N5/c1-3-5-12-9-7-10(14-8-13-9)15(2)6-4-11/h3,7-8H,1,5-6H2,2H3,(H,12,13,14). The number of nitriles is 1. The Hall–Kier alpha value is -2.09. The summed E-state index contributed by atoms with van der Waals surface area (Å²) in [5.41, 5.74) is 0. The van der Waals surface area contributed by atoms with Gasteiger partial charge in [0.1, 0.15) is 24.5 Å². The molecule has 1 N–H and O–H groups in total. The van der Waals surface area contributed by atoms with Crippen LogP contribution in [0.1, 0.15) is 0 Å². The number of nitrogens with one attached hydrogen (secondary N) is 1.